The van der Waals surface area contributed by atoms with Crippen molar-refractivity contribution in [3.63, 3.8) is 0 Å². The van der Waals surface area contributed by atoms with Gasteiger partial charge in [0.25, 0.3) is 0 Å². The number of aryl methyl sites for hydroxylation is 1. The molecule has 7 heteroatoms. The van der Waals surface area contributed by atoms with Crippen LogP contribution in [0.4, 0.5) is 9.57 Å². The molecule has 1 aliphatic heterocycles. The summed E-state index contributed by atoms with van der Waals surface area (Å²) in [5.41, 5.74) is 1.80. The van der Waals surface area contributed by atoms with Crippen LogP contribution in [0.1, 0.15) is 17.5 Å². The fourth-order valence-corrected chi connectivity index (χ4v) is 3.16. The molecule has 1 fully saturated rings. The number of hydrogen-bond donors (Lipinski definition) is 0. The second-order valence-corrected chi connectivity index (χ2v) is 6.30. The van der Waals surface area contributed by atoms with E-state index in [2.05, 4.69) is 0 Å². The number of nitriles is 1. The first kappa shape index (κ1) is 14.5. The van der Waals surface area contributed by atoms with Gasteiger partial charge in [-0.25, -0.2) is 0 Å². The second kappa shape index (κ2) is 5.21. The highest BCUT2D eigenvalue weighted by Gasteiger charge is 2.34. The first-order valence-corrected chi connectivity index (χ1v) is 7.59. The minimum Gasteiger partial charge on any atom is -0.312 e. The van der Waals surface area contributed by atoms with Crippen LogP contribution in [0.15, 0.2) is 18.2 Å². The minimum atomic E-state index is -4.59. The zero-order chi connectivity index (χ0) is 14.9. The Kier molecular flexibility index (Phi) is 3.77. The molecule has 1 heterocycles. The van der Waals surface area contributed by atoms with E-state index in [1.165, 1.54) is 4.90 Å². The molecule has 5 nitrogen and oxygen atoms in total. The quantitative estimate of drug-likeness (QED) is 0.792. The number of rotatable bonds is 3. The second-order valence-electron chi connectivity index (χ2n) is 4.89. The number of hydrogen-bond acceptors (Lipinski definition) is 4. The van der Waals surface area contributed by atoms with Crippen molar-refractivity contribution in [2.24, 2.45) is 5.92 Å². The van der Waals surface area contributed by atoms with Gasteiger partial charge in [-0.2, -0.15) is 13.7 Å². The Labute approximate surface area is 116 Å². The molecule has 0 N–H and O–H groups in total. The fourth-order valence-electron chi connectivity index (χ4n) is 2.38. The van der Waals surface area contributed by atoms with Crippen molar-refractivity contribution >= 4 is 21.8 Å². The molecule has 0 saturated carbocycles. The van der Waals surface area contributed by atoms with Crippen LogP contribution in [-0.2, 0) is 15.0 Å². The van der Waals surface area contributed by atoms with Gasteiger partial charge in [-0.3, -0.25) is 4.79 Å². The first-order chi connectivity index (χ1) is 9.30. The van der Waals surface area contributed by atoms with Crippen molar-refractivity contribution in [1.82, 2.24) is 0 Å². The zero-order valence-corrected chi connectivity index (χ0v) is 11.7. The third-order valence-corrected chi connectivity index (χ3v) is 4.14. The maximum Gasteiger partial charge on any atom is 0.302 e. The van der Waals surface area contributed by atoms with Gasteiger partial charge in [-0.15, -0.1) is 3.89 Å². The summed E-state index contributed by atoms with van der Waals surface area (Å²) in [5, 5.41) is 8.88. The number of halogens is 1. The summed E-state index contributed by atoms with van der Waals surface area (Å²) in [6, 6.07) is 6.94. The Morgan fingerprint density at radius 2 is 2.20 bits per heavy atom. The highest BCUT2D eigenvalue weighted by atomic mass is 32.3. The van der Waals surface area contributed by atoms with E-state index in [0.717, 1.165) is 5.56 Å². The van der Waals surface area contributed by atoms with Crippen LogP contribution in [0, 0.1) is 24.2 Å². The Bertz CT molecular complexity index is 694. The molecule has 0 aromatic heterocycles. The Balaban J connectivity index is 2.26. The van der Waals surface area contributed by atoms with Gasteiger partial charge in [0.05, 0.1) is 17.4 Å². The van der Waals surface area contributed by atoms with Gasteiger partial charge in [0.2, 0.25) is 5.91 Å². The molecule has 1 aromatic rings. The van der Waals surface area contributed by atoms with Crippen LogP contribution in [0.2, 0.25) is 0 Å². The minimum absolute atomic E-state index is 0.000624. The fraction of sp³-hybridized carbons (Fsp3) is 0.385. The average molecular weight is 296 g/mol. The Hall–Kier alpha value is -1.94. The lowest BCUT2D eigenvalue weighted by atomic mass is 10.1. The van der Waals surface area contributed by atoms with E-state index in [1.54, 1.807) is 25.1 Å². The number of amides is 1. The van der Waals surface area contributed by atoms with Crippen LogP contribution in [0.25, 0.3) is 0 Å². The number of anilines is 1. The molecule has 1 unspecified atom stereocenters. The molecule has 20 heavy (non-hydrogen) atoms. The maximum absolute atomic E-state index is 12.7. The molecule has 0 aliphatic carbocycles. The van der Waals surface area contributed by atoms with E-state index < -0.39 is 21.9 Å². The van der Waals surface area contributed by atoms with Crippen molar-refractivity contribution in [2.45, 2.75) is 13.3 Å². The predicted molar refractivity (Wildman–Crippen MR) is 71.2 cm³/mol. The number of carbonyl (C=O) groups is 1. The Morgan fingerprint density at radius 3 is 2.80 bits per heavy atom. The molecular formula is C13H13FN2O3S. The summed E-state index contributed by atoms with van der Waals surface area (Å²) in [7, 11) is -4.59. The highest BCUT2D eigenvalue weighted by Crippen LogP contribution is 2.29. The van der Waals surface area contributed by atoms with Gasteiger partial charge >= 0.3 is 10.2 Å². The summed E-state index contributed by atoms with van der Waals surface area (Å²) in [5.74, 6) is -1.45. The van der Waals surface area contributed by atoms with E-state index in [0.29, 0.717) is 11.3 Å². The lowest BCUT2D eigenvalue weighted by molar-refractivity contribution is -0.117. The molecule has 2 rings (SSSR count). The number of carbonyl (C=O) groups excluding carboxylic acids is 1. The van der Waals surface area contributed by atoms with Crippen molar-refractivity contribution < 1.29 is 17.1 Å². The van der Waals surface area contributed by atoms with Crippen molar-refractivity contribution in [1.29, 1.82) is 5.26 Å². The highest BCUT2D eigenvalue weighted by molar-refractivity contribution is 7.86. The molecular weight excluding hydrogens is 283 g/mol. The van der Waals surface area contributed by atoms with Gasteiger partial charge in [0.1, 0.15) is 0 Å². The topological polar surface area (TPSA) is 78.2 Å². The Morgan fingerprint density at radius 1 is 1.50 bits per heavy atom. The molecule has 1 atom stereocenters. The molecule has 1 aromatic carbocycles. The van der Waals surface area contributed by atoms with Crippen molar-refractivity contribution in [3.8, 4) is 6.07 Å². The van der Waals surface area contributed by atoms with Crippen LogP contribution in [0.3, 0.4) is 0 Å². The van der Waals surface area contributed by atoms with Gasteiger partial charge in [0.15, 0.2) is 0 Å². The molecule has 0 radical (unpaired) electrons. The monoisotopic (exact) mass is 296 g/mol. The SMILES string of the molecule is Cc1ccc(C#N)cc1N1CC(CS(=O)(=O)F)CC1=O. The first-order valence-electron chi connectivity index (χ1n) is 6.03. The predicted octanol–water partition coefficient (Wildman–Crippen LogP) is 1.52. The molecule has 106 valence electrons. The molecule has 1 amide bonds. The molecule has 0 bridgehead atoms. The maximum atomic E-state index is 12.7. The molecule has 0 spiro atoms. The van der Waals surface area contributed by atoms with Gasteiger partial charge < -0.3 is 4.90 Å². The van der Waals surface area contributed by atoms with Crippen molar-refractivity contribution in [2.75, 3.05) is 17.2 Å². The standard InChI is InChI=1S/C13H13FN2O3S/c1-9-2-3-10(6-15)4-12(9)16-7-11(5-13(16)17)8-20(14,18)19/h2-4,11H,5,7-8H2,1H3. The van der Waals surface area contributed by atoms with Gasteiger partial charge in [-0.1, -0.05) is 6.07 Å². The third-order valence-electron chi connectivity index (χ3n) is 3.27. The van der Waals surface area contributed by atoms with E-state index in [9.17, 15) is 17.1 Å². The lowest BCUT2D eigenvalue weighted by Gasteiger charge is -2.19. The van der Waals surface area contributed by atoms with Crippen LogP contribution < -0.4 is 4.90 Å². The number of benzene rings is 1. The van der Waals surface area contributed by atoms with Gasteiger partial charge in [0, 0.05) is 24.6 Å². The smallest absolute Gasteiger partial charge is 0.302 e. The van der Waals surface area contributed by atoms with E-state index in [1.807, 2.05) is 6.07 Å². The normalized spacial score (nSPS) is 19.1. The number of nitrogens with zero attached hydrogens (tertiary/aromatic N) is 2. The summed E-state index contributed by atoms with van der Waals surface area (Å²) >= 11 is 0. The summed E-state index contributed by atoms with van der Waals surface area (Å²) in [6.07, 6.45) is -0.000624. The third kappa shape index (κ3) is 3.14. The van der Waals surface area contributed by atoms with Crippen LogP contribution in [0.5, 0.6) is 0 Å². The van der Waals surface area contributed by atoms with Crippen LogP contribution >= 0.6 is 0 Å². The summed E-state index contributed by atoms with van der Waals surface area (Å²) in [4.78, 5) is 13.4. The van der Waals surface area contributed by atoms with Crippen molar-refractivity contribution in [3.05, 3.63) is 29.3 Å². The largest absolute Gasteiger partial charge is 0.312 e. The van der Waals surface area contributed by atoms with E-state index in [4.69, 9.17) is 5.26 Å². The lowest BCUT2D eigenvalue weighted by Crippen LogP contribution is -2.26. The van der Waals surface area contributed by atoms with Gasteiger partial charge in [-0.05, 0) is 24.6 Å². The summed E-state index contributed by atoms with van der Waals surface area (Å²) < 4.78 is 34.0. The average Bonchev–Trinajstić information content (AvgIpc) is 2.68. The molecule has 1 aliphatic rings. The summed E-state index contributed by atoms with van der Waals surface area (Å²) in [6.45, 7) is 1.95. The zero-order valence-electron chi connectivity index (χ0n) is 10.8. The van der Waals surface area contributed by atoms with E-state index in [-0.39, 0.29) is 18.9 Å². The molecule has 1 saturated heterocycles. The van der Waals surface area contributed by atoms with E-state index >= 15 is 0 Å². The van der Waals surface area contributed by atoms with Crippen LogP contribution in [-0.4, -0.2) is 26.6 Å².